The first-order valence-corrected chi connectivity index (χ1v) is 24.8. The van der Waals surface area contributed by atoms with Gasteiger partial charge in [-0.15, -0.1) is 0 Å². The monoisotopic (exact) mass is 906 g/mol. The second-order valence-corrected chi connectivity index (χ2v) is 18.3. The van der Waals surface area contributed by atoms with Crippen molar-refractivity contribution < 1.29 is 45.6 Å². The Hall–Kier alpha value is -2.84. The molecule has 4 aromatic carbocycles. The van der Waals surface area contributed by atoms with Gasteiger partial charge in [0, 0.05) is 6.07 Å². The number of phenols is 1. The van der Waals surface area contributed by atoms with Crippen molar-refractivity contribution in [1.82, 2.24) is 0 Å². The standard InChI is InChI=1S/2C24H34O5S.Ca/c2*1-2-3-4-5-6-7-8-9-10-11-13-20-14-12-15-21(18-20)29-22-16-17-23(25)24(19-22)30(26,27)28;/h2*12,14-19,25H,2-11,13H2,1H3,(H,26,27,28);/q;;+2/p-2. The molecule has 0 amide bonds. The molecule has 0 aliphatic carbocycles. The van der Waals surface area contributed by atoms with Crippen LogP contribution in [0.1, 0.15) is 153 Å². The summed E-state index contributed by atoms with van der Waals surface area (Å²) in [5.74, 6) is 0.183. The van der Waals surface area contributed by atoms with Gasteiger partial charge in [-0.05, 0) is 85.3 Å². The van der Waals surface area contributed by atoms with Crippen molar-refractivity contribution >= 4 is 58.0 Å². The van der Waals surface area contributed by atoms with E-state index in [1.54, 1.807) is 12.1 Å². The van der Waals surface area contributed by atoms with Crippen LogP contribution in [0.25, 0.3) is 0 Å². The fraction of sp³-hybridized carbons (Fsp3) is 0.500. The number of ether oxygens (including phenoxy) is 2. The maximum atomic E-state index is 11.6. The first-order valence-electron chi connectivity index (χ1n) is 21.9. The zero-order valence-corrected chi connectivity index (χ0v) is 40.2. The topological polar surface area (TPSA) is 173 Å². The Kier molecular flexibility index (Phi) is 27.0. The first kappa shape index (κ1) is 54.3. The number of unbranched alkanes of at least 4 members (excludes halogenated alkanes) is 18. The van der Waals surface area contributed by atoms with Crippen LogP contribution < -0.4 is 14.6 Å². The van der Waals surface area contributed by atoms with E-state index in [2.05, 4.69) is 19.9 Å². The molecule has 0 atom stereocenters. The summed E-state index contributed by atoms with van der Waals surface area (Å²) >= 11 is 0. The summed E-state index contributed by atoms with van der Waals surface area (Å²) < 4.78 is 76.7. The molecule has 332 valence electrons. The van der Waals surface area contributed by atoms with Crippen LogP contribution in [-0.2, 0) is 33.1 Å². The van der Waals surface area contributed by atoms with E-state index in [-0.39, 0.29) is 49.2 Å². The van der Waals surface area contributed by atoms with Crippen LogP contribution in [0.3, 0.4) is 0 Å². The smallest absolute Gasteiger partial charge is 0.872 e. The molecule has 2 N–H and O–H groups in total. The third kappa shape index (κ3) is 22.9. The van der Waals surface area contributed by atoms with E-state index in [1.165, 1.54) is 139 Å². The summed E-state index contributed by atoms with van der Waals surface area (Å²) in [6, 6.07) is 22.4. The van der Waals surface area contributed by atoms with Crippen LogP contribution in [0.15, 0.2) is 94.7 Å². The molecular formula is C48H66CaO10S2. The molecule has 0 aromatic heterocycles. The van der Waals surface area contributed by atoms with Gasteiger partial charge in [-0.3, -0.25) is 4.55 Å². The Labute approximate surface area is 396 Å². The zero-order chi connectivity index (χ0) is 43.6. The molecule has 0 aliphatic heterocycles. The summed E-state index contributed by atoms with van der Waals surface area (Å²) in [6.45, 7) is 4.49. The Morgan fingerprint density at radius 2 is 0.852 bits per heavy atom. The molecule has 4 aromatic rings. The van der Waals surface area contributed by atoms with Crippen LogP contribution in [0.2, 0.25) is 0 Å². The minimum atomic E-state index is -4.83. The van der Waals surface area contributed by atoms with Crippen LogP contribution >= 0.6 is 0 Å². The first-order chi connectivity index (χ1) is 28.8. The van der Waals surface area contributed by atoms with Gasteiger partial charge in [0.25, 0.3) is 10.1 Å². The fourth-order valence-corrected chi connectivity index (χ4v) is 8.12. The predicted octanol–water partition coefficient (Wildman–Crippen LogP) is 12.4. The van der Waals surface area contributed by atoms with E-state index < -0.39 is 41.5 Å². The molecule has 10 nitrogen and oxygen atoms in total. The van der Waals surface area contributed by atoms with Gasteiger partial charge in [0.05, 0.1) is 4.90 Å². The van der Waals surface area contributed by atoms with Crippen molar-refractivity contribution in [3.05, 3.63) is 96.1 Å². The Morgan fingerprint density at radius 1 is 0.492 bits per heavy atom. The van der Waals surface area contributed by atoms with Gasteiger partial charge in [-0.2, -0.15) is 8.42 Å². The van der Waals surface area contributed by atoms with Gasteiger partial charge in [-0.1, -0.05) is 166 Å². The molecule has 0 unspecified atom stereocenters. The summed E-state index contributed by atoms with van der Waals surface area (Å²) in [5.41, 5.74) is 2.31. The molecule has 13 heteroatoms. The third-order valence-electron chi connectivity index (χ3n) is 10.3. The third-order valence-corrected chi connectivity index (χ3v) is 12.0. The van der Waals surface area contributed by atoms with Crippen molar-refractivity contribution in [3.8, 4) is 34.5 Å². The average molecular weight is 907 g/mol. The van der Waals surface area contributed by atoms with Crippen molar-refractivity contribution in [2.75, 3.05) is 0 Å². The summed E-state index contributed by atoms with van der Waals surface area (Å²) in [7, 11) is -9.34. The molecule has 61 heavy (non-hydrogen) atoms. The molecule has 0 saturated heterocycles. The van der Waals surface area contributed by atoms with E-state index >= 15 is 0 Å². The van der Waals surface area contributed by atoms with Gasteiger partial charge in [0.2, 0.25) is 0 Å². The number of rotatable bonds is 28. The number of benzene rings is 4. The van der Waals surface area contributed by atoms with Crippen molar-refractivity contribution in [2.24, 2.45) is 0 Å². The zero-order valence-electron chi connectivity index (χ0n) is 36.3. The Morgan fingerprint density at radius 3 is 1.25 bits per heavy atom. The van der Waals surface area contributed by atoms with E-state index in [9.17, 15) is 36.2 Å². The average Bonchev–Trinajstić information content (AvgIpc) is 3.20. The quantitative estimate of drug-likeness (QED) is 0.0317. The maximum Gasteiger partial charge on any atom is 2.00 e. The molecule has 4 rings (SSSR count). The maximum absolute atomic E-state index is 11.6. The van der Waals surface area contributed by atoms with E-state index in [0.29, 0.717) is 11.5 Å². The molecular weight excluding hydrogens is 841 g/mol. The summed E-state index contributed by atoms with van der Waals surface area (Å²) in [6.07, 6.45) is 27.9. The SMILES string of the molecule is CCCCCCCCCCCCc1cccc(Oc2ccc(O)c(S(=O)(=O)O)c2)c1.CCCCCCCCCCCCc1cccc(Oc2ccc([O-])c(S(=O)(=O)[O-])c2)c1.[Ca+2]. The summed E-state index contributed by atoms with van der Waals surface area (Å²) in [4.78, 5) is -1.36. The predicted molar refractivity (Wildman–Crippen MR) is 242 cm³/mol. The Balaban J connectivity index is 0.000000413. The van der Waals surface area contributed by atoms with Crippen molar-refractivity contribution in [3.63, 3.8) is 0 Å². The van der Waals surface area contributed by atoms with Crippen LogP contribution in [0, 0.1) is 0 Å². The van der Waals surface area contributed by atoms with Gasteiger partial charge < -0.3 is 24.2 Å². The minimum absolute atomic E-state index is 0. The largest absolute Gasteiger partial charge is 2.00 e. The fourth-order valence-electron chi connectivity index (χ4n) is 6.95. The number of aryl methyl sites for hydroxylation is 2. The minimum Gasteiger partial charge on any atom is -0.872 e. The van der Waals surface area contributed by atoms with Crippen molar-refractivity contribution in [2.45, 2.75) is 165 Å². The molecule has 0 fully saturated rings. The number of hydrogen-bond acceptors (Lipinski definition) is 9. The summed E-state index contributed by atoms with van der Waals surface area (Å²) in [5, 5.41) is 21.2. The van der Waals surface area contributed by atoms with Crippen LogP contribution in [-0.4, -0.2) is 68.8 Å². The second kappa shape index (κ2) is 30.3. The van der Waals surface area contributed by atoms with Crippen LogP contribution in [0.4, 0.5) is 0 Å². The molecule has 0 saturated carbocycles. The molecule has 0 radical (unpaired) electrons. The normalized spacial score (nSPS) is 11.3. The van der Waals surface area contributed by atoms with Gasteiger partial charge in [-0.25, -0.2) is 8.42 Å². The van der Waals surface area contributed by atoms with E-state index in [1.807, 2.05) is 30.3 Å². The van der Waals surface area contributed by atoms with E-state index in [0.717, 1.165) is 49.4 Å². The molecule has 0 aliphatic rings. The number of hydrogen-bond donors (Lipinski definition) is 2. The van der Waals surface area contributed by atoms with Gasteiger partial charge in [0.1, 0.15) is 43.8 Å². The molecule has 0 bridgehead atoms. The van der Waals surface area contributed by atoms with Crippen molar-refractivity contribution in [1.29, 1.82) is 0 Å². The second-order valence-electron chi connectivity index (χ2n) is 15.5. The number of phenolic OH excluding ortho intramolecular Hbond substituents is 1. The molecule has 0 heterocycles. The van der Waals surface area contributed by atoms with E-state index in [4.69, 9.17) is 9.47 Å². The Bertz CT molecular complexity index is 1910. The van der Waals surface area contributed by atoms with Gasteiger partial charge in [0.15, 0.2) is 0 Å². The van der Waals surface area contributed by atoms with Gasteiger partial charge >= 0.3 is 37.7 Å². The molecule has 0 spiro atoms. The number of aromatic hydroxyl groups is 1. The van der Waals surface area contributed by atoms with Crippen LogP contribution in [0.5, 0.6) is 34.5 Å².